The number of guanidine groups is 1. The van der Waals surface area contributed by atoms with Crippen LogP contribution in [0.4, 0.5) is 5.95 Å². The molecule has 0 saturated carbocycles. The molecule has 5 rings (SSSR count). The smallest absolute Gasteiger partial charge is 0.386 e. The lowest BCUT2D eigenvalue weighted by Crippen LogP contribution is -2.53. The lowest BCUT2D eigenvalue weighted by atomic mass is 10.2. The number of aromatic amines is 1. The summed E-state index contributed by atoms with van der Waals surface area (Å²) in [6, 6.07) is 0. The Morgan fingerprint density at radius 3 is 2.77 bits per heavy atom. The zero-order valence-corrected chi connectivity index (χ0v) is 22.3. The number of anilines is 1. The largest absolute Gasteiger partial charge is 0.394 e. The number of nitrogen functional groups attached to an aromatic ring is 1. The highest BCUT2D eigenvalue weighted by Crippen LogP contribution is 2.56. The molecule has 2 saturated heterocycles. The average Bonchev–Trinajstić information content (AvgIpc) is 3.53. The van der Waals surface area contributed by atoms with E-state index in [0.717, 1.165) is 0 Å². The summed E-state index contributed by atoms with van der Waals surface area (Å²) >= 11 is 4.03. The number of aliphatic imine (C=N–C) groups is 2. The molecule has 2 aromatic heterocycles. The van der Waals surface area contributed by atoms with Crippen molar-refractivity contribution in [1.29, 1.82) is 0 Å². The van der Waals surface area contributed by atoms with Crippen molar-refractivity contribution in [2.45, 2.75) is 62.5 Å². The fourth-order valence-electron chi connectivity index (χ4n) is 4.59. The maximum atomic E-state index is 13.0. The van der Waals surface area contributed by atoms with Gasteiger partial charge in [-0.3, -0.25) is 28.3 Å². The van der Waals surface area contributed by atoms with Crippen molar-refractivity contribution < 1.29 is 38.4 Å². The molecule has 2 aromatic rings. The number of H-pyrrole nitrogens is 1. The van der Waals surface area contributed by atoms with E-state index in [1.807, 2.05) is 0 Å². The second kappa shape index (κ2) is 10.4. The molecular weight excluding hydrogens is 561 g/mol. The van der Waals surface area contributed by atoms with E-state index < -0.39 is 61.7 Å². The van der Waals surface area contributed by atoms with E-state index in [-0.39, 0.29) is 42.5 Å². The number of hydrogen-bond donors (Lipinski definition) is 7. The van der Waals surface area contributed by atoms with Gasteiger partial charge in [-0.05, 0) is 0 Å². The SMILES string of the molecule is CC1(O)N=C(N)N=CN1C1CC(OP(=O)(S)OC[C@H]2OC(n3cnc4c(=O)[nH]c(N)nc43)C[C@H]2O)C(CO)O1. The highest BCUT2D eigenvalue weighted by molar-refractivity contribution is 8.44. The third-order valence-corrected chi connectivity index (χ3v) is 8.08. The summed E-state index contributed by atoms with van der Waals surface area (Å²) in [4.78, 5) is 31.5. The molecule has 0 bridgehead atoms. The molecule has 3 aliphatic heterocycles. The standard InChI is InChI=1S/C19H28N9O9PS/c1-19(32)26-17(20)23-7-28(19)13-3-9(10(4-29)35-13)37-38(33,39)34-5-11-8(30)2-12(36-11)27-6-22-14-15(27)24-18(21)25-16(14)31/h6-13,29-30,32H,2-5H2,1H3,(H2,20,26)(H,33,39)(H3,21,24,25,31)/t8-,9?,10?,11-,12?,13?,19?,38?/m1/s1. The lowest BCUT2D eigenvalue weighted by Gasteiger charge is -2.37. The summed E-state index contributed by atoms with van der Waals surface area (Å²) in [5.74, 6) is -2.00. The maximum Gasteiger partial charge on any atom is 0.386 e. The van der Waals surface area contributed by atoms with E-state index in [4.69, 9.17) is 30.0 Å². The zero-order valence-electron chi connectivity index (χ0n) is 20.5. The molecule has 5 heterocycles. The van der Waals surface area contributed by atoms with Gasteiger partial charge in [0.15, 0.2) is 11.2 Å². The van der Waals surface area contributed by atoms with Gasteiger partial charge in [-0.2, -0.15) is 9.98 Å². The quantitative estimate of drug-likeness (QED) is 0.133. The van der Waals surface area contributed by atoms with E-state index >= 15 is 0 Å². The first-order valence-corrected chi connectivity index (χ1v) is 14.4. The van der Waals surface area contributed by atoms with Crippen LogP contribution in [0.2, 0.25) is 0 Å². The normalized spacial score (nSPS) is 34.5. The van der Waals surface area contributed by atoms with E-state index in [2.05, 4.69) is 37.2 Å². The van der Waals surface area contributed by atoms with Gasteiger partial charge in [0.05, 0.1) is 25.6 Å². The second-order valence-corrected chi connectivity index (χ2v) is 12.1. The minimum absolute atomic E-state index is 0.0460. The Kier molecular flexibility index (Phi) is 7.46. The number of nitrogens with two attached hydrogens (primary N) is 2. The van der Waals surface area contributed by atoms with Gasteiger partial charge in [0.1, 0.15) is 37.1 Å². The Bertz CT molecular complexity index is 1400. The minimum atomic E-state index is -4.06. The highest BCUT2D eigenvalue weighted by atomic mass is 32.7. The molecule has 0 radical (unpaired) electrons. The Balaban J connectivity index is 1.20. The van der Waals surface area contributed by atoms with Crippen LogP contribution in [-0.2, 0) is 23.1 Å². The van der Waals surface area contributed by atoms with Gasteiger partial charge in [-0.1, -0.05) is 12.2 Å². The van der Waals surface area contributed by atoms with Crippen LogP contribution < -0.4 is 17.0 Å². The number of aliphatic hydroxyl groups excluding tert-OH is 2. The van der Waals surface area contributed by atoms with Crippen LogP contribution in [0.1, 0.15) is 26.0 Å². The maximum absolute atomic E-state index is 13.0. The molecule has 18 nitrogen and oxygen atoms in total. The number of nitrogens with one attached hydrogen (secondary N) is 1. The summed E-state index contributed by atoms with van der Waals surface area (Å²) in [7, 11) is 0. The van der Waals surface area contributed by atoms with Crippen molar-refractivity contribution in [1.82, 2.24) is 24.4 Å². The Hall–Kier alpha value is -2.61. The van der Waals surface area contributed by atoms with Gasteiger partial charge in [0.2, 0.25) is 17.8 Å². The topological polar surface area (TPSA) is 258 Å². The predicted molar refractivity (Wildman–Crippen MR) is 137 cm³/mol. The van der Waals surface area contributed by atoms with Crippen molar-refractivity contribution in [3.8, 4) is 0 Å². The zero-order chi connectivity index (χ0) is 28.1. The number of rotatable bonds is 8. The molecule has 6 unspecified atom stereocenters. The summed E-state index contributed by atoms with van der Waals surface area (Å²) in [6.07, 6.45) is -2.70. The van der Waals surface area contributed by atoms with Crippen LogP contribution in [0.3, 0.4) is 0 Å². The lowest BCUT2D eigenvalue weighted by molar-refractivity contribution is -0.141. The Morgan fingerprint density at radius 2 is 2.05 bits per heavy atom. The molecule has 20 heteroatoms. The van der Waals surface area contributed by atoms with Crippen LogP contribution in [0.15, 0.2) is 21.1 Å². The van der Waals surface area contributed by atoms with Crippen molar-refractivity contribution in [2.24, 2.45) is 15.7 Å². The molecule has 0 spiro atoms. The molecule has 0 aromatic carbocycles. The summed E-state index contributed by atoms with van der Waals surface area (Å²) in [6.45, 7) is -3.53. The van der Waals surface area contributed by atoms with E-state index in [0.29, 0.717) is 0 Å². The van der Waals surface area contributed by atoms with Gasteiger partial charge >= 0.3 is 6.80 Å². The van der Waals surface area contributed by atoms with Crippen LogP contribution in [0.5, 0.6) is 0 Å². The number of thiol groups is 1. The first kappa shape index (κ1) is 27.9. The van der Waals surface area contributed by atoms with Crippen molar-refractivity contribution >= 4 is 48.5 Å². The molecule has 3 aliphatic rings. The number of hydrogen-bond acceptors (Lipinski definition) is 16. The van der Waals surface area contributed by atoms with E-state index in [1.165, 1.54) is 29.1 Å². The monoisotopic (exact) mass is 589 g/mol. The van der Waals surface area contributed by atoms with Crippen LogP contribution in [0.25, 0.3) is 11.2 Å². The Labute approximate surface area is 225 Å². The molecule has 0 aliphatic carbocycles. The van der Waals surface area contributed by atoms with Crippen molar-refractivity contribution in [3.05, 3.63) is 16.7 Å². The molecular formula is C19H28N9O9PS. The van der Waals surface area contributed by atoms with Crippen molar-refractivity contribution in [3.63, 3.8) is 0 Å². The van der Waals surface area contributed by atoms with Gasteiger partial charge in [0, 0.05) is 19.8 Å². The molecule has 39 heavy (non-hydrogen) atoms. The van der Waals surface area contributed by atoms with Gasteiger partial charge in [-0.15, -0.1) is 0 Å². The minimum Gasteiger partial charge on any atom is -0.394 e. The fourth-order valence-corrected chi connectivity index (χ4v) is 6.11. The van der Waals surface area contributed by atoms with Crippen molar-refractivity contribution in [2.75, 3.05) is 18.9 Å². The molecule has 8 N–H and O–H groups in total. The predicted octanol–water partition coefficient (Wildman–Crippen LogP) is -1.78. The molecule has 2 fully saturated rings. The first-order valence-electron chi connectivity index (χ1n) is 11.7. The number of aliphatic hydroxyl groups is 3. The number of fused-ring (bicyclic) bond motifs is 1. The molecule has 214 valence electrons. The molecule has 8 atom stereocenters. The number of ether oxygens (including phenoxy) is 2. The van der Waals surface area contributed by atoms with E-state index in [1.54, 1.807) is 0 Å². The number of nitrogens with zero attached hydrogens (tertiary/aromatic N) is 6. The summed E-state index contributed by atoms with van der Waals surface area (Å²) in [5.41, 5.74) is 10.9. The third-order valence-electron chi connectivity index (χ3n) is 6.44. The number of imidazole rings is 1. The second-order valence-electron chi connectivity index (χ2n) is 9.26. The van der Waals surface area contributed by atoms with Crippen LogP contribution in [-0.4, -0.2) is 102 Å². The average molecular weight is 590 g/mol. The first-order chi connectivity index (χ1) is 18.4. The highest BCUT2D eigenvalue weighted by Gasteiger charge is 2.47. The summed E-state index contributed by atoms with van der Waals surface area (Å²) in [5, 5.41) is 30.9. The van der Waals surface area contributed by atoms with E-state index in [9.17, 15) is 24.7 Å². The third kappa shape index (κ3) is 5.67. The summed E-state index contributed by atoms with van der Waals surface area (Å²) < 4.78 is 37.1. The van der Waals surface area contributed by atoms with Gasteiger partial charge in [0.25, 0.3) is 5.56 Å². The van der Waals surface area contributed by atoms with Crippen LogP contribution in [0, 0.1) is 0 Å². The Morgan fingerprint density at radius 1 is 1.31 bits per heavy atom. The number of aromatic nitrogens is 4. The van der Waals surface area contributed by atoms with Crippen LogP contribution >= 0.6 is 19.0 Å². The van der Waals surface area contributed by atoms with Gasteiger partial charge < -0.3 is 36.3 Å². The fraction of sp³-hybridized carbons (Fsp3) is 0.632. The van der Waals surface area contributed by atoms with Gasteiger partial charge in [-0.25, -0.2) is 14.5 Å². The molecule has 0 amide bonds.